The van der Waals surface area contributed by atoms with Crippen molar-refractivity contribution in [2.24, 2.45) is 5.92 Å². The lowest BCUT2D eigenvalue weighted by molar-refractivity contribution is -0.137. The van der Waals surface area contributed by atoms with Crippen LogP contribution in [0.3, 0.4) is 0 Å². The van der Waals surface area contributed by atoms with Crippen LogP contribution in [0.2, 0.25) is 5.02 Å². The summed E-state index contributed by atoms with van der Waals surface area (Å²) < 4.78 is 0. The van der Waals surface area contributed by atoms with Gasteiger partial charge in [0.2, 0.25) is 0 Å². The molecule has 1 unspecified atom stereocenters. The lowest BCUT2D eigenvalue weighted by Gasteiger charge is -2.27. The molecule has 18 heavy (non-hydrogen) atoms. The molecule has 0 spiro atoms. The van der Waals surface area contributed by atoms with Crippen molar-refractivity contribution in [1.29, 1.82) is 0 Å². The van der Waals surface area contributed by atoms with Crippen molar-refractivity contribution in [2.45, 2.75) is 42.2 Å². The Hall–Kier alpha value is -0.670. The SMILES string of the molecule is O=C(O)C(Sc1cccc(Cl)c1)C1CCCCC1. The highest BCUT2D eigenvalue weighted by atomic mass is 35.5. The molecule has 0 heterocycles. The van der Waals surface area contributed by atoms with E-state index in [1.807, 2.05) is 24.3 Å². The summed E-state index contributed by atoms with van der Waals surface area (Å²) in [6.45, 7) is 0. The van der Waals surface area contributed by atoms with Crippen LogP contribution in [0.15, 0.2) is 29.2 Å². The van der Waals surface area contributed by atoms with Crippen molar-refractivity contribution in [3.63, 3.8) is 0 Å². The molecule has 1 N–H and O–H groups in total. The van der Waals surface area contributed by atoms with E-state index in [-0.39, 0.29) is 5.25 Å². The summed E-state index contributed by atoms with van der Waals surface area (Å²) in [4.78, 5) is 12.4. The van der Waals surface area contributed by atoms with Crippen molar-refractivity contribution in [3.8, 4) is 0 Å². The minimum atomic E-state index is -0.702. The molecular weight excluding hydrogens is 268 g/mol. The van der Waals surface area contributed by atoms with Crippen molar-refractivity contribution >= 4 is 29.3 Å². The molecule has 1 atom stereocenters. The minimum Gasteiger partial charge on any atom is -0.480 e. The maximum Gasteiger partial charge on any atom is 0.317 e. The largest absolute Gasteiger partial charge is 0.480 e. The van der Waals surface area contributed by atoms with Crippen molar-refractivity contribution in [2.75, 3.05) is 0 Å². The quantitative estimate of drug-likeness (QED) is 0.829. The number of hydrogen-bond donors (Lipinski definition) is 1. The molecule has 1 fully saturated rings. The Kier molecular flexibility index (Phi) is 4.95. The lowest BCUT2D eigenvalue weighted by Crippen LogP contribution is -2.28. The van der Waals surface area contributed by atoms with Crippen LogP contribution < -0.4 is 0 Å². The molecule has 1 aliphatic rings. The number of benzene rings is 1. The highest BCUT2D eigenvalue weighted by Gasteiger charge is 2.30. The van der Waals surface area contributed by atoms with E-state index in [0.717, 1.165) is 30.6 Å². The molecule has 0 amide bonds. The highest BCUT2D eigenvalue weighted by molar-refractivity contribution is 8.00. The monoisotopic (exact) mass is 284 g/mol. The Morgan fingerprint density at radius 1 is 1.33 bits per heavy atom. The van der Waals surface area contributed by atoms with Gasteiger partial charge in [-0.25, -0.2) is 0 Å². The van der Waals surface area contributed by atoms with Crippen LogP contribution in [0.4, 0.5) is 0 Å². The summed E-state index contributed by atoms with van der Waals surface area (Å²) in [6, 6.07) is 7.44. The number of carboxylic acid groups (broad SMARTS) is 1. The molecule has 0 saturated heterocycles. The van der Waals surface area contributed by atoms with E-state index < -0.39 is 5.97 Å². The fourth-order valence-electron chi connectivity index (χ4n) is 2.47. The second-order valence-corrected chi connectivity index (χ2v) is 6.38. The summed E-state index contributed by atoms with van der Waals surface area (Å²) in [5.41, 5.74) is 0. The fraction of sp³-hybridized carbons (Fsp3) is 0.500. The van der Waals surface area contributed by atoms with Crippen molar-refractivity contribution in [1.82, 2.24) is 0 Å². The van der Waals surface area contributed by atoms with E-state index in [4.69, 9.17) is 11.6 Å². The van der Waals surface area contributed by atoms with E-state index in [0.29, 0.717) is 10.9 Å². The first-order chi connectivity index (χ1) is 8.66. The molecular formula is C14H17ClO2S. The first-order valence-electron chi connectivity index (χ1n) is 6.32. The van der Waals surface area contributed by atoms with Gasteiger partial charge in [-0.15, -0.1) is 11.8 Å². The van der Waals surface area contributed by atoms with Crippen LogP contribution in [0.5, 0.6) is 0 Å². The first-order valence-corrected chi connectivity index (χ1v) is 7.57. The molecule has 1 aromatic rings. The van der Waals surface area contributed by atoms with Crippen LogP contribution in [0.1, 0.15) is 32.1 Å². The second-order valence-electron chi connectivity index (χ2n) is 4.73. The summed E-state index contributed by atoms with van der Waals surface area (Å²) in [5, 5.41) is 9.72. The Labute approximate surface area is 117 Å². The van der Waals surface area contributed by atoms with Crippen LogP contribution >= 0.6 is 23.4 Å². The number of halogens is 1. The zero-order valence-electron chi connectivity index (χ0n) is 10.1. The molecule has 4 heteroatoms. The van der Waals surface area contributed by atoms with Gasteiger partial charge < -0.3 is 5.11 Å². The molecule has 2 nitrogen and oxygen atoms in total. The molecule has 1 saturated carbocycles. The highest BCUT2D eigenvalue weighted by Crippen LogP contribution is 2.36. The number of aliphatic carboxylic acids is 1. The van der Waals surface area contributed by atoms with Gasteiger partial charge in [0.25, 0.3) is 0 Å². The van der Waals surface area contributed by atoms with Gasteiger partial charge in [-0.1, -0.05) is 36.9 Å². The maximum atomic E-state index is 11.4. The smallest absolute Gasteiger partial charge is 0.317 e. The number of carbonyl (C=O) groups is 1. The lowest BCUT2D eigenvalue weighted by atomic mass is 9.87. The predicted molar refractivity (Wildman–Crippen MR) is 75.3 cm³/mol. The van der Waals surface area contributed by atoms with Gasteiger partial charge in [0.1, 0.15) is 5.25 Å². The molecule has 0 aliphatic heterocycles. The van der Waals surface area contributed by atoms with Crippen LogP contribution in [-0.2, 0) is 4.79 Å². The predicted octanol–water partition coefficient (Wildman–Crippen LogP) is 4.47. The molecule has 0 bridgehead atoms. The van der Waals surface area contributed by atoms with E-state index in [9.17, 15) is 9.90 Å². The standard InChI is InChI=1S/C14H17ClO2S/c15-11-7-4-8-12(9-11)18-13(14(16)17)10-5-2-1-3-6-10/h4,7-10,13H,1-3,5-6H2,(H,16,17). The molecule has 0 aromatic heterocycles. The summed E-state index contributed by atoms with van der Waals surface area (Å²) in [5.74, 6) is -0.410. The average molecular weight is 285 g/mol. The molecule has 1 aliphatic carbocycles. The van der Waals surface area contributed by atoms with Gasteiger partial charge in [-0.05, 0) is 37.0 Å². The van der Waals surface area contributed by atoms with Gasteiger partial charge in [-0.3, -0.25) is 4.79 Å². The number of thioether (sulfide) groups is 1. The first kappa shape index (κ1) is 13.8. The van der Waals surface area contributed by atoms with E-state index in [1.54, 1.807) is 0 Å². The average Bonchev–Trinajstić information content (AvgIpc) is 2.37. The van der Waals surface area contributed by atoms with Gasteiger partial charge in [0.15, 0.2) is 0 Å². The van der Waals surface area contributed by atoms with Crippen LogP contribution in [0.25, 0.3) is 0 Å². The minimum absolute atomic E-state index is 0.292. The Bertz CT molecular complexity index is 416. The van der Waals surface area contributed by atoms with Gasteiger partial charge in [-0.2, -0.15) is 0 Å². The topological polar surface area (TPSA) is 37.3 Å². The molecule has 0 radical (unpaired) electrons. The van der Waals surface area contributed by atoms with Crippen LogP contribution in [-0.4, -0.2) is 16.3 Å². The third kappa shape index (κ3) is 3.66. The van der Waals surface area contributed by atoms with Crippen molar-refractivity contribution in [3.05, 3.63) is 29.3 Å². The number of rotatable bonds is 4. The van der Waals surface area contributed by atoms with Crippen molar-refractivity contribution < 1.29 is 9.90 Å². The Balaban J connectivity index is 2.08. The van der Waals surface area contributed by atoms with Gasteiger partial charge in [0.05, 0.1) is 0 Å². The zero-order valence-corrected chi connectivity index (χ0v) is 11.7. The van der Waals surface area contributed by atoms with E-state index in [2.05, 4.69) is 0 Å². The second kappa shape index (κ2) is 6.48. The Morgan fingerprint density at radius 3 is 2.67 bits per heavy atom. The third-order valence-corrected chi connectivity index (χ3v) is 4.98. The van der Waals surface area contributed by atoms with Crippen LogP contribution in [0, 0.1) is 5.92 Å². The normalized spacial score (nSPS) is 18.5. The summed E-state index contributed by atoms with van der Waals surface area (Å²) in [6.07, 6.45) is 5.62. The number of hydrogen-bond acceptors (Lipinski definition) is 2. The summed E-state index contributed by atoms with van der Waals surface area (Å²) >= 11 is 7.37. The molecule has 2 rings (SSSR count). The van der Waals surface area contributed by atoms with Gasteiger partial charge >= 0.3 is 5.97 Å². The Morgan fingerprint density at radius 2 is 2.06 bits per heavy atom. The summed E-state index contributed by atoms with van der Waals surface area (Å²) in [7, 11) is 0. The van der Waals surface area contributed by atoms with Gasteiger partial charge in [0, 0.05) is 9.92 Å². The number of carboxylic acids is 1. The third-order valence-electron chi connectivity index (χ3n) is 3.38. The van der Waals surface area contributed by atoms with E-state index >= 15 is 0 Å². The zero-order chi connectivity index (χ0) is 13.0. The molecule has 1 aromatic carbocycles. The van der Waals surface area contributed by atoms with E-state index in [1.165, 1.54) is 18.2 Å². The maximum absolute atomic E-state index is 11.4. The fourth-order valence-corrected chi connectivity index (χ4v) is 3.94. The molecule has 98 valence electrons.